The van der Waals surface area contributed by atoms with Crippen LogP contribution in [0.5, 0.6) is 0 Å². The van der Waals surface area contributed by atoms with E-state index in [2.05, 4.69) is 9.71 Å². The molecule has 1 saturated heterocycles. The van der Waals surface area contributed by atoms with Crippen molar-refractivity contribution < 1.29 is 22.7 Å². The van der Waals surface area contributed by atoms with Crippen molar-refractivity contribution in [3.05, 3.63) is 89.7 Å². The van der Waals surface area contributed by atoms with Crippen LogP contribution in [0.2, 0.25) is 0 Å². The highest BCUT2D eigenvalue weighted by Gasteiger charge is 2.23. The summed E-state index contributed by atoms with van der Waals surface area (Å²) >= 11 is 0. The smallest absolute Gasteiger partial charge is 0.336 e. The molecular formula is C29H29FN4O4S. The van der Waals surface area contributed by atoms with E-state index in [1.165, 1.54) is 18.2 Å². The van der Waals surface area contributed by atoms with Gasteiger partial charge in [-0.05, 0) is 60.0 Å². The monoisotopic (exact) mass is 548 g/mol. The molecule has 2 heterocycles. The standard InChI is InChI=1S/C29H29FN4O4S/c1-19(2)20-7-10-22(11-8-20)39(37,38)32-21-9-12-26-23(17-21)24(29(35)36)18-28(31-26)34-15-13-33(14-16-34)27-6-4-3-5-25(27)30/h3-12,17-19,32H,13-16H2,1-2H3,(H,35,36). The number of aromatic nitrogens is 1. The summed E-state index contributed by atoms with van der Waals surface area (Å²) in [5.41, 5.74) is 2.27. The molecule has 3 aromatic carbocycles. The Bertz CT molecular complexity index is 1630. The number of para-hydroxylation sites is 1. The minimum atomic E-state index is -3.87. The van der Waals surface area contributed by atoms with E-state index in [0.29, 0.717) is 48.6 Å². The number of nitrogens with zero attached hydrogens (tertiary/aromatic N) is 3. The van der Waals surface area contributed by atoms with Crippen LogP contribution < -0.4 is 14.5 Å². The number of sulfonamides is 1. The largest absolute Gasteiger partial charge is 0.478 e. The molecule has 1 aliphatic heterocycles. The van der Waals surface area contributed by atoms with Crippen LogP contribution in [0.3, 0.4) is 0 Å². The van der Waals surface area contributed by atoms with Crippen molar-refractivity contribution in [3.8, 4) is 0 Å². The van der Waals surface area contributed by atoms with Gasteiger partial charge in [-0.1, -0.05) is 38.1 Å². The fourth-order valence-corrected chi connectivity index (χ4v) is 5.79. The third-order valence-electron chi connectivity index (χ3n) is 6.93. The van der Waals surface area contributed by atoms with Gasteiger partial charge in [0.1, 0.15) is 11.6 Å². The number of aromatic carboxylic acids is 1. The first-order chi connectivity index (χ1) is 18.6. The molecule has 5 rings (SSSR count). The number of nitrogens with one attached hydrogen (secondary N) is 1. The van der Waals surface area contributed by atoms with E-state index >= 15 is 0 Å². The van der Waals surface area contributed by atoms with Crippen molar-refractivity contribution in [2.24, 2.45) is 0 Å². The molecule has 202 valence electrons. The Morgan fingerprint density at radius 1 is 0.949 bits per heavy atom. The molecule has 1 aliphatic rings. The van der Waals surface area contributed by atoms with Crippen molar-refractivity contribution in [1.82, 2.24) is 4.98 Å². The summed E-state index contributed by atoms with van der Waals surface area (Å²) in [4.78, 5) is 20.9. The third-order valence-corrected chi connectivity index (χ3v) is 8.33. The molecular weight excluding hydrogens is 519 g/mol. The number of benzene rings is 3. The van der Waals surface area contributed by atoms with Gasteiger partial charge >= 0.3 is 5.97 Å². The normalized spacial score (nSPS) is 14.2. The Balaban J connectivity index is 1.39. The quantitative estimate of drug-likeness (QED) is 0.322. The van der Waals surface area contributed by atoms with Crippen LogP contribution in [0.1, 0.15) is 35.7 Å². The van der Waals surface area contributed by atoms with Gasteiger partial charge in [0.2, 0.25) is 0 Å². The maximum atomic E-state index is 14.2. The Morgan fingerprint density at radius 3 is 2.26 bits per heavy atom. The summed E-state index contributed by atoms with van der Waals surface area (Å²) in [7, 11) is -3.87. The van der Waals surface area contributed by atoms with Crippen LogP contribution in [-0.2, 0) is 10.0 Å². The highest BCUT2D eigenvalue weighted by Crippen LogP contribution is 2.29. The Kier molecular flexibility index (Phi) is 7.14. The predicted octanol–water partition coefficient (Wildman–Crippen LogP) is 5.32. The van der Waals surface area contributed by atoms with Crippen molar-refractivity contribution in [3.63, 3.8) is 0 Å². The van der Waals surface area contributed by atoms with Crippen LogP contribution in [-0.4, -0.2) is 50.7 Å². The number of hydrogen-bond donors (Lipinski definition) is 2. The minimum absolute atomic E-state index is 0.0221. The van der Waals surface area contributed by atoms with Gasteiger partial charge in [0.15, 0.2) is 0 Å². The molecule has 10 heteroatoms. The fourth-order valence-electron chi connectivity index (χ4n) is 4.74. The number of carboxylic acid groups (broad SMARTS) is 1. The van der Waals surface area contributed by atoms with Gasteiger partial charge in [0, 0.05) is 37.3 Å². The summed E-state index contributed by atoms with van der Waals surface area (Å²) < 4.78 is 42.7. The van der Waals surface area contributed by atoms with E-state index in [1.807, 2.05) is 23.6 Å². The molecule has 0 unspecified atom stereocenters. The van der Waals surface area contributed by atoms with E-state index in [-0.39, 0.29) is 27.9 Å². The lowest BCUT2D eigenvalue weighted by Crippen LogP contribution is -2.47. The molecule has 2 N–H and O–H groups in total. The van der Waals surface area contributed by atoms with Crippen LogP contribution >= 0.6 is 0 Å². The summed E-state index contributed by atoms with van der Waals surface area (Å²) in [6.07, 6.45) is 0. The van der Waals surface area contributed by atoms with Crippen molar-refractivity contribution in [2.45, 2.75) is 24.7 Å². The van der Waals surface area contributed by atoms with Crippen LogP contribution in [0, 0.1) is 5.82 Å². The Morgan fingerprint density at radius 2 is 1.62 bits per heavy atom. The number of rotatable bonds is 7. The van der Waals surface area contributed by atoms with Crippen molar-refractivity contribution in [2.75, 3.05) is 40.7 Å². The average molecular weight is 549 g/mol. The zero-order valence-electron chi connectivity index (χ0n) is 21.6. The predicted molar refractivity (Wildman–Crippen MR) is 151 cm³/mol. The van der Waals surface area contributed by atoms with E-state index in [9.17, 15) is 22.7 Å². The first kappa shape index (κ1) is 26.4. The van der Waals surface area contributed by atoms with E-state index in [0.717, 1.165) is 5.56 Å². The zero-order chi connectivity index (χ0) is 27.7. The Hall–Kier alpha value is -4.18. The molecule has 0 saturated carbocycles. The maximum Gasteiger partial charge on any atom is 0.336 e. The molecule has 39 heavy (non-hydrogen) atoms. The van der Waals surface area contributed by atoms with Gasteiger partial charge < -0.3 is 14.9 Å². The van der Waals surface area contributed by atoms with Crippen LogP contribution in [0.15, 0.2) is 77.7 Å². The number of pyridine rings is 1. The van der Waals surface area contributed by atoms with Crippen LogP contribution in [0.25, 0.3) is 10.9 Å². The second-order valence-corrected chi connectivity index (χ2v) is 11.5. The number of halogens is 1. The minimum Gasteiger partial charge on any atom is -0.478 e. The SMILES string of the molecule is CC(C)c1ccc(S(=O)(=O)Nc2ccc3nc(N4CCN(c5ccccc5F)CC4)cc(C(=O)O)c3c2)cc1. The molecule has 0 atom stereocenters. The summed E-state index contributed by atoms with van der Waals surface area (Å²) in [5.74, 6) is -0.635. The molecule has 0 spiro atoms. The van der Waals surface area contributed by atoms with Gasteiger partial charge in [0.05, 0.1) is 21.7 Å². The highest BCUT2D eigenvalue weighted by molar-refractivity contribution is 7.92. The van der Waals surface area contributed by atoms with Gasteiger partial charge in [-0.3, -0.25) is 4.72 Å². The van der Waals surface area contributed by atoms with E-state index in [4.69, 9.17) is 0 Å². The Labute approximate surface area is 226 Å². The molecule has 0 amide bonds. The number of hydrogen-bond acceptors (Lipinski definition) is 6. The molecule has 0 aliphatic carbocycles. The topological polar surface area (TPSA) is 103 Å². The van der Waals surface area contributed by atoms with Gasteiger partial charge in [0.25, 0.3) is 10.0 Å². The van der Waals surface area contributed by atoms with Gasteiger partial charge in [-0.25, -0.2) is 22.6 Å². The van der Waals surface area contributed by atoms with Crippen molar-refractivity contribution in [1.29, 1.82) is 0 Å². The average Bonchev–Trinajstić information content (AvgIpc) is 2.92. The molecule has 4 aromatic rings. The second kappa shape index (κ2) is 10.5. The first-order valence-electron chi connectivity index (χ1n) is 12.7. The van der Waals surface area contributed by atoms with E-state index in [1.54, 1.807) is 54.6 Å². The molecule has 0 bridgehead atoms. The summed E-state index contributed by atoms with van der Waals surface area (Å²) in [6, 6.07) is 19.5. The lowest BCUT2D eigenvalue weighted by molar-refractivity contribution is 0.0699. The number of piperazine rings is 1. The first-order valence-corrected chi connectivity index (χ1v) is 14.2. The molecule has 1 fully saturated rings. The molecule has 1 aromatic heterocycles. The third kappa shape index (κ3) is 5.51. The zero-order valence-corrected chi connectivity index (χ0v) is 22.5. The lowest BCUT2D eigenvalue weighted by atomic mass is 10.0. The van der Waals surface area contributed by atoms with Gasteiger partial charge in [-0.2, -0.15) is 0 Å². The molecule has 0 radical (unpaired) electrons. The number of fused-ring (bicyclic) bond motifs is 1. The maximum absolute atomic E-state index is 14.2. The van der Waals surface area contributed by atoms with Gasteiger partial charge in [-0.15, -0.1) is 0 Å². The summed E-state index contributed by atoms with van der Waals surface area (Å²) in [5, 5.41) is 10.3. The number of carboxylic acids is 1. The van der Waals surface area contributed by atoms with Crippen LogP contribution in [0.4, 0.5) is 21.6 Å². The van der Waals surface area contributed by atoms with E-state index < -0.39 is 16.0 Å². The fraction of sp³-hybridized carbons (Fsp3) is 0.241. The number of anilines is 3. The molecule has 8 nitrogen and oxygen atoms in total. The highest BCUT2D eigenvalue weighted by atomic mass is 32.2. The lowest BCUT2D eigenvalue weighted by Gasteiger charge is -2.37. The summed E-state index contributed by atoms with van der Waals surface area (Å²) in [6.45, 7) is 6.26. The number of carbonyl (C=O) groups is 1. The van der Waals surface area contributed by atoms with Crippen molar-refractivity contribution >= 4 is 44.1 Å². The second-order valence-electron chi connectivity index (χ2n) is 9.82.